The van der Waals surface area contributed by atoms with Crippen LogP contribution in [0.5, 0.6) is 0 Å². The molecule has 1 N–H and O–H groups in total. The molecule has 0 spiro atoms. The van der Waals surface area contributed by atoms with Crippen LogP contribution < -0.4 is 5.32 Å². The highest BCUT2D eigenvalue weighted by molar-refractivity contribution is 7.17. The van der Waals surface area contributed by atoms with Crippen molar-refractivity contribution >= 4 is 39.3 Å². The van der Waals surface area contributed by atoms with E-state index in [0.29, 0.717) is 23.1 Å². The number of hydrogen-bond donors (Lipinski definition) is 1. The Morgan fingerprint density at radius 2 is 1.79 bits per heavy atom. The molecular weight excluding hydrogens is 500 g/mol. The molecule has 3 aromatic rings. The van der Waals surface area contributed by atoms with Crippen molar-refractivity contribution in [3.63, 3.8) is 0 Å². The number of thiophene rings is 1. The van der Waals surface area contributed by atoms with Gasteiger partial charge in [0.2, 0.25) is 5.78 Å². The molecule has 3 aliphatic rings. The van der Waals surface area contributed by atoms with E-state index in [1.54, 1.807) is 44.2 Å². The second-order valence-corrected chi connectivity index (χ2v) is 12.5. The molecule has 1 amide bonds. The molecule has 38 heavy (non-hydrogen) atoms. The van der Waals surface area contributed by atoms with Gasteiger partial charge in [-0.2, -0.15) is 0 Å². The van der Waals surface area contributed by atoms with E-state index in [9.17, 15) is 14.4 Å². The molecule has 1 aromatic heterocycles. The van der Waals surface area contributed by atoms with Crippen molar-refractivity contribution in [1.29, 1.82) is 0 Å². The first-order valence-corrected chi connectivity index (χ1v) is 14.1. The summed E-state index contributed by atoms with van der Waals surface area (Å²) in [5, 5.41) is 5.83. The molecule has 0 saturated carbocycles. The molecule has 7 nitrogen and oxygen atoms in total. The number of quaternary nitrogens is 1. The molecule has 8 heteroatoms. The summed E-state index contributed by atoms with van der Waals surface area (Å²) in [6, 6.07) is 16.0. The van der Waals surface area contributed by atoms with Gasteiger partial charge in [0.05, 0.1) is 13.1 Å². The van der Waals surface area contributed by atoms with Crippen molar-refractivity contribution in [3.8, 4) is 0 Å². The molecule has 2 aromatic carbocycles. The third-order valence-electron chi connectivity index (χ3n) is 7.59. The van der Waals surface area contributed by atoms with Crippen LogP contribution in [-0.4, -0.2) is 60.2 Å². The van der Waals surface area contributed by atoms with E-state index < -0.39 is 23.7 Å². The highest BCUT2D eigenvalue weighted by Crippen LogP contribution is 2.36. The van der Waals surface area contributed by atoms with Gasteiger partial charge in [-0.15, -0.1) is 11.3 Å². The van der Waals surface area contributed by atoms with Crippen molar-refractivity contribution < 1.29 is 28.3 Å². The molecule has 200 valence electrons. The number of Topliss-reactive ketones (excluding diaryl/α,β-unsaturated/α-hetero) is 1. The number of piperidine rings is 3. The zero-order valence-electron chi connectivity index (χ0n) is 22.1. The average molecular weight is 536 g/mol. The molecule has 2 atom stereocenters. The zero-order valence-corrected chi connectivity index (χ0v) is 23.0. The Hall–Kier alpha value is -3.23. The van der Waals surface area contributed by atoms with Crippen molar-refractivity contribution in [2.75, 3.05) is 26.2 Å². The standard InChI is InChI=1S/C30H34N2O5S/c1-30(2,3)37-29(35)31-27(21-7-5-4-6-8-21)28(34)36-25-19-32(14-11-20(25)12-15-32)18-24(33)22-9-10-26-23(17-22)13-16-38-26/h4-10,13,16-17,20,25,27H,11-12,14-15,18-19H2,1-3H3/p+1/t20?,25-,27?,32?/m0/s1. The summed E-state index contributed by atoms with van der Waals surface area (Å²) in [6.45, 7) is 8.15. The molecule has 4 heterocycles. The predicted molar refractivity (Wildman–Crippen MR) is 147 cm³/mol. The number of nitrogens with zero attached hydrogens (tertiary/aromatic N) is 1. The van der Waals surface area contributed by atoms with E-state index in [1.807, 2.05) is 47.8 Å². The zero-order chi connectivity index (χ0) is 26.9. The van der Waals surface area contributed by atoms with E-state index in [0.717, 1.165) is 36.9 Å². The van der Waals surface area contributed by atoms with Gasteiger partial charge in [0.15, 0.2) is 12.1 Å². The van der Waals surface area contributed by atoms with Gasteiger partial charge in [0.1, 0.15) is 18.7 Å². The number of carbonyl (C=O) groups excluding carboxylic acids is 3. The Kier molecular flexibility index (Phi) is 7.29. The number of ether oxygens (including phenoxy) is 2. The highest BCUT2D eigenvalue weighted by atomic mass is 32.1. The first-order chi connectivity index (χ1) is 18.1. The number of benzene rings is 2. The van der Waals surface area contributed by atoms with Gasteiger partial charge in [-0.05, 0) is 61.4 Å². The fourth-order valence-corrected chi connectivity index (χ4v) is 6.45. The van der Waals surface area contributed by atoms with Crippen molar-refractivity contribution in [3.05, 3.63) is 71.1 Å². The van der Waals surface area contributed by atoms with Crippen LogP contribution in [0.15, 0.2) is 60.0 Å². The van der Waals surface area contributed by atoms with Crippen LogP contribution in [0, 0.1) is 5.92 Å². The van der Waals surface area contributed by atoms with Crippen LogP contribution >= 0.6 is 11.3 Å². The van der Waals surface area contributed by atoms with Gasteiger partial charge < -0.3 is 19.3 Å². The maximum Gasteiger partial charge on any atom is 0.408 e. The normalized spacial score (nSPS) is 23.6. The third kappa shape index (κ3) is 5.92. The minimum Gasteiger partial charge on any atom is -0.454 e. The lowest BCUT2D eigenvalue weighted by Gasteiger charge is -2.51. The molecule has 3 fully saturated rings. The summed E-state index contributed by atoms with van der Waals surface area (Å²) in [5.74, 6) is -0.125. The van der Waals surface area contributed by atoms with E-state index in [1.165, 1.54) is 4.70 Å². The highest BCUT2D eigenvalue weighted by Gasteiger charge is 2.49. The summed E-state index contributed by atoms with van der Waals surface area (Å²) >= 11 is 1.67. The topological polar surface area (TPSA) is 81.7 Å². The first-order valence-electron chi connectivity index (χ1n) is 13.2. The Labute approximate surface area is 227 Å². The smallest absolute Gasteiger partial charge is 0.408 e. The lowest BCUT2D eigenvalue weighted by atomic mass is 9.82. The van der Waals surface area contributed by atoms with Crippen molar-refractivity contribution in [2.45, 2.75) is 51.4 Å². The number of fused-ring (bicyclic) bond motifs is 4. The van der Waals surface area contributed by atoms with E-state index in [-0.39, 0.29) is 17.8 Å². The predicted octanol–water partition coefficient (Wildman–Crippen LogP) is 5.50. The number of amides is 1. The van der Waals surface area contributed by atoms with Gasteiger partial charge in [-0.3, -0.25) is 4.79 Å². The molecule has 6 rings (SSSR count). The van der Waals surface area contributed by atoms with E-state index in [4.69, 9.17) is 9.47 Å². The number of esters is 1. The lowest BCUT2D eigenvalue weighted by Crippen LogP contribution is -2.66. The van der Waals surface area contributed by atoms with Gasteiger partial charge in [-0.1, -0.05) is 30.3 Å². The van der Waals surface area contributed by atoms with Gasteiger partial charge in [0, 0.05) is 29.0 Å². The fraction of sp³-hybridized carbons (Fsp3) is 0.433. The Bertz CT molecular complexity index is 1320. The van der Waals surface area contributed by atoms with Gasteiger partial charge in [-0.25, -0.2) is 9.59 Å². The van der Waals surface area contributed by atoms with Crippen molar-refractivity contribution in [2.24, 2.45) is 5.92 Å². The molecule has 0 radical (unpaired) electrons. The number of ketones is 1. The van der Waals surface area contributed by atoms with Gasteiger partial charge in [0.25, 0.3) is 0 Å². The molecule has 1 unspecified atom stereocenters. The van der Waals surface area contributed by atoms with Gasteiger partial charge >= 0.3 is 12.1 Å². The number of alkyl carbamates (subject to hydrolysis) is 1. The first kappa shape index (κ1) is 26.4. The summed E-state index contributed by atoms with van der Waals surface area (Å²) < 4.78 is 13.3. The molecule has 3 saturated heterocycles. The lowest BCUT2D eigenvalue weighted by molar-refractivity contribution is -0.938. The van der Waals surface area contributed by atoms with Crippen LogP contribution in [0.4, 0.5) is 4.79 Å². The average Bonchev–Trinajstić information content (AvgIpc) is 3.35. The van der Waals surface area contributed by atoms with Crippen molar-refractivity contribution in [1.82, 2.24) is 5.32 Å². The Balaban J connectivity index is 1.29. The number of hydrogen-bond acceptors (Lipinski definition) is 6. The summed E-state index contributed by atoms with van der Waals surface area (Å²) in [7, 11) is 0. The third-order valence-corrected chi connectivity index (χ3v) is 8.49. The van der Waals surface area contributed by atoms with Crippen LogP contribution in [0.3, 0.4) is 0 Å². The Morgan fingerprint density at radius 3 is 2.50 bits per heavy atom. The second kappa shape index (κ2) is 10.5. The maximum atomic E-state index is 13.5. The molecule has 3 aliphatic heterocycles. The number of carbonyl (C=O) groups is 3. The number of rotatable bonds is 7. The fourth-order valence-electron chi connectivity index (χ4n) is 5.68. The minimum atomic E-state index is -0.978. The second-order valence-electron chi connectivity index (χ2n) is 11.5. The Morgan fingerprint density at radius 1 is 1.05 bits per heavy atom. The molecular formula is C30H35N2O5S+. The molecule has 2 bridgehead atoms. The monoisotopic (exact) mass is 535 g/mol. The molecule has 0 aliphatic carbocycles. The van der Waals surface area contributed by atoms with E-state index in [2.05, 4.69) is 5.32 Å². The number of nitrogens with one attached hydrogen (secondary N) is 1. The van der Waals surface area contributed by atoms with Crippen LogP contribution in [0.2, 0.25) is 0 Å². The summed E-state index contributed by atoms with van der Waals surface area (Å²) in [6.07, 6.45) is 0.840. The largest absolute Gasteiger partial charge is 0.454 e. The quantitative estimate of drug-likeness (QED) is 0.245. The SMILES string of the molecule is CC(C)(C)OC(=O)NC(C(=O)O[C@H]1C[N+]2(CC(=O)c3ccc4sccc4c3)CCC1CC2)c1ccccc1. The maximum absolute atomic E-state index is 13.5. The summed E-state index contributed by atoms with van der Waals surface area (Å²) in [5.41, 5.74) is 0.671. The van der Waals surface area contributed by atoms with E-state index >= 15 is 0 Å². The van der Waals surface area contributed by atoms with Crippen LogP contribution in [-0.2, 0) is 14.3 Å². The van der Waals surface area contributed by atoms with Crippen LogP contribution in [0.1, 0.15) is 55.6 Å². The summed E-state index contributed by atoms with van der Waals surface area (Å²) in [4.78, 5) is 39.4. The minimum absolute atomic E-state index is 0.122. The van der Waals surface area contributed by atoms with Crippen LogP contribution in [0.25, 0.3) is 10.1 Å².